The van der Waals surface area contributed by atoms with Crippen LogP contribution in [0.3, 0.4) is 0 Å². The van der Waals surface area contributed by atoms with Crippen molar-refractivity contribution in [3.05, 3.63) is 23.7 Å². The molecule has 0 spiro atoms. The van der Waals surface area contributed by atoms with Gasteiger partial charge in [0.25, 0.3) is 0 Å². The molecule has 1 aliphatic heterocycles. The number of aromatic nitrogens is 5. The zero-order chi connectivity index (χ0) is 13.1. The first-order chi connectivity index (χ1) is 9.38. The third-order valence-electron chi connectivity index (χ3n) is 3.07. The van der Waals surface area contributed by atoms with Crippen molar-refractivity contribution in [3.8, 4) is 6.07 Å². The number of fused-ring (bicyclic) bond motifs is 1. The van der Waals surface area contributed by atoms with E-state index in [2.05, 4.69) is 31.0 Å². The molecule has 0 N–H and O–H groups in total. The van der Waals surface area contributed by atoms with Crippen LogP contribution in [0.15, 0.2) is 22.4 Å². The largest absolute Gasteiger partial charge is 0.306 e. The second kappa shape index (κ2) is 5.36. The molecular weight excluding hydrogens is 260 g/mol. The second-order valence-corrected chi connectivity index (χ2v) is 5.28. The Morgan fingerprint density at radius 1 is 1.21 bits per heavy atom. The van der Waals surface area contributed by atoms with Gasteiger partial charge in [-0.1, -0.05) is 6.42 Å². The Morgan fingerprint density at radius 2 is 2.16 bits per heavy atom. The summed E-state index contributed by atoms with van der Waals surface area (Å²) >= 11 is 1.36. The van der Waals surface area contributed by atoms with Crippen molar-refractivity contribution in [1.29, 1.82) is 5.26 Å². The van der Waals surface area contributed by atoms with Gasteiger partial charge in [-0.2, -0.15) is 10.4 Å². The van der Waals surface area contributed by atoms with E-state index in [-0.39, 0.29) is 0 Å². The first-order valence-corrected chi connectivity index (χ1v) is 7.02. The summed E-state index contributed by atoms with van der Waals surface area (Å²) in [5, 5.41) is 26.7. The lowest BCUT2D eigenvalue weighted by molar-refractivity contribution is 0.590. The van der Waals surface area contributed by atoms with Gasteiger partial charge in [-0.15, -0.1) is 15.3 Å². The van der Waals surface area contributed by atoms with Crippen molar-refractivity contribution in [1.82, 2.24) is 25.0 Å². The molecule has 0 aliphatic carbocycles. The molecule has 0 aromatic carbocycles. The summed E-state index contributed by atoms with van der Waals surface area (Å²) in [5.74, 6) is 1.03. The fraction of sp³-hybridized carbons (Fsp3) is 0.417. The average Bonchev–Trinajstić information content (AvgIpc) is 2.68. The molecule has 3 heterocycles. The summed E-state index contributed by atoms with van der Waals surface area (Å²) in [6.07, 6.45) is 6.02. The van der Waals surface area contributed by atoms with E-state index in [4.69, 9.17) is 5.26 Å². The Bertz CT molecular complexity index is 629. The van der Waals surface area contributed by atoms with Gasteiger partial charge < -0.3 is 4.57 Å². The highest BCUT2D eigenvalue weighted by atomic mass is 32.2. The van der Waals surface area contributed by atoms with Crippen LogP contribution < -0.4 is 0 Å². The SMILES string of the molecule is N#Cc1ccnnc1Sc1nnc2n1CCCCC2. The fourth-order valence-corrected chi connectivity index (χ4v) is 2.97. The number of rotatable bonds is 2. The van der Waals surface area contributed by atoms with Crippen molar-refractivity contribution in [2.24, 2.45) is 0 Å². The van der Waals surface area contributed by atoms with E-state index in [0.717, 1.165) is 36.8 Å². The minimum absolute atomic E-state index is 0.519. The highest BCUT2D eigenvalue weighted by molar-refractivity contribution is 7.99. The summed E-state index contributed by atoms with van der Waals surface area (Å²) in [6, 6.07) is 3.78. The van der Waals surface area contributed by atoms with Crippen LogP contribution in [-0.2, 0) is 13.0 Å². The number of nitriles is 1. The number of hydrogen-bond acceptors (Lipinski definition) is 6. The van der Waals surface area contributed by atoms with Gasteiger partial charge in [0.15, 0.2) is 5.16 Å². The molecule has 0 amide bonds. The van der Waals surface area contributed by atoms with E-state index in [1.165, 1.54) is 24.4 Å². The molecule has 3 rings (SSSR count). The summed E-state index contributed by atoms with van der Waals surface area (Å²) in [5.41, 5.74) is 0.519. The highest BCUT2D eigenvalue weighted by Gasteiger charge is 2.17. The standard InChI is InChI=1S/C12H12N6S/c13-8-9-5-6-14-16-11(9)19-12-17-15-10-4-2-1-3-7-18(10)12/h5-6H,1-4,7H2. The fourth-order valence-electron chi connectivity index (χ4n) is 2.10. The van der Waals surface area contributed by atoms with Gasteiger partial charge >= 0.3 is 0 Å². The molecule has 19 heavy (non-hydrogen) atoms. The first-order valence-electron chi connectivity index (χ1n) is 6.20. The van der Waals surface area contributed by atoms with E-state index in [1.807, 2.05) is 0 Å². The molecule has 7 heteroatoms. The molecule has 6 nitrogen and oxygen atoms in total. The molecular formula is C12H12N6S. The van der Waals surface area contributed by atoms with E-state index >= 15 is 0 Å². The molecule has 0 atom stereocenters. The Morgan fingerprint density at radius 3 is 3.05 bits per heavy atom. The second-order valence-electron chi connectivity index (χ2n) is 4.33. The summed E-state index contributed by atoms with van der Waals surface area (Å²) < 4.78 is 2.13. The van der Waals surface area contributed by atoms with E-state index in [1.54, 1.807) is 6.07 Å². The molecule has 2 aromatic rings. The molecule has 2 aromatic heterocycles. The maximum Gasteiger partial charge on any atom is 0.197 e. The van der Waals surface area contributed by atoms with Gasteiger partial charge in [0.1, 0.15) is 16.9 Å². The quantitative estimate of drug-likeness (QED) is 0.829. The molecule has 96 valence electrons. The zero-order valence-electron chi connectivity index (χ0n) is 10.3. The van der Waals surface area contributed by atoms with Crippen molar-refractivity contribution in [2.75, 3.05) is 0 Å². The normalized spacial score (nSPS) is 14.5. The van der Waals surface area contributed by atoms with Gasteiger partial charge in [0.05, 0.1) is 11.8 Å². The summed E-state index contributed by atoms with van der Waals surface area (Å²) in [6.45, 7) is 0.937. The van der Waals surface area contributed by atoms with Crippen LogP contribution in [0.25, 0.3) is 0 Å². The predicted octanol–water partition coefficient (Wildman–Crippen LogP) is 1.82. The monoisotopic (exact) mass is 272 g/mol. The van der Waals surface area contributed by atoms with Crippen LogP contribution in [0.2, 0.25) is 0 Å². The van der Waals surface area contributed by atoms with Gasteiger partial charge in [-0.25, -0.2) is 0 Å². The van der Waals surface area contributed by atoms with Crippen molar-refractivity contribution in [3.63, 3.8) is 0 Å². The van der Waals surface area contributed by atoms with Gasteiger partial charge in [-0.05, 0) is 30.7 Å². The van der Waals surface area contributed by atoms with Crippen LogP contribution in [-0.4, -0.2) is 25.0 Å². The highest BCUT2D eigenvalue weighted by Crippen LogP contribution is 2.28. The van der Waals surface area contributed by atoms with E-state index in [9.17, 15) is 0 Å². The Labute approximate surface area is 114 Å². The van der Waals surface area contributed by atoms with Crippen LogP contribution >= 0.6 is 11.8 Å². The third kappa shape index (κ3) is 2.44. The number of aryl methyl sites for hydroxylation is 1. The smallest absolute Gasteiger partial charge is 0.197 e. The van der Waals surface area contributed by atoms with Crippen molar-refractivity contribution < 1.29 is 0 Å². The predicted molar refractivity (Wildman–Crippen MR) is 68.4 cm³/mol. The first kappa shape index (κ1) is 12.1. The van der Waals surface area contributed by atoms with Crippen molar-refractivity contribution in [2.45, 2.75) is 42.4 Å². The maximum atomic E-state index is 9.06. The maximum absolute atomic E-state index is 9.06. The average molecular weight is 272 g/mol. The van der Waals surface area contributed by atoms with Gasteiger partial charge in [-0.3, -0.25) is 0 Å². The lowest BCUT2D eigenvalue weighted by Crippen LogP contribution is -2.02. The van der Waals surface area contributed by atoms with E-state index < -0.39 is 0 Å². The summed E-state index contributed by atoms with van der Waals surface area (Å²) in [4.78, 5) is 0. The van der Waals surface area contributed by atoms with Gasteiger partial charge in [0, 0.05) is 13.0 Å². The zero-order valence-corrected chi connectivity index (χ0v) is 11.1. The van der Waals surface area contributed by atoms with Crippen molar-refractivity contribution >= 4 is 11.8 Å². The van der Waals surface area contributed by atoms with Crippen LogP contribution in [0.1, 0.15) is 30.7 Å². The molecule has 0 radical (unpaired) electrons. The Kier molecular flexibility index (Phi) is 3.42. The molecule has 0 unspecified atom stereocenters. The van der Waals surface area contributed by atoms with Crippen LogP contribution in [0.5, 0.6) is 0 Å². The molecule has 0 saturated carbocycles. The lowest BCUT2D eigenvalue weighted by Gasteiger charge is -2.05. The Hall–Kier alpha value is -1.94. The molecule has 0 bridgehead atoms. The lowest BCUT2D eigenvalue weighted by atomic mass is 10.2. The van der Waals surface area contributed by atoms with Crippen LogP contribution in [0.4, 0.5) is 0 Å². The third-order valence-corrected chi connectivity index (χ3v) is 4.05. The minimum atomic E-state index is 0.519. The molecule has 0 fully saturated rings. The minimum Gasteiger partial charge on any atom is -0.306 e. The number of hydrogen-bond donors (Lipinski definition) is 0. The number of nitrogens with zero attached hydrogens (tertiary/aromatic N) is 6. The molecule has 0 saturated heterocycles. The molecule has 1 aliphatic rings. The van der Waals surface area contributed by atoms with E-state index in [0.29, 0.717) is 10.6 Å². The Balaban J connectivity index is 1.92. The topological polar surface area (TPSA) is 80.3 Å². The van der Waals surface area contributed by atoms with Crippen LogP contribution in [0, 0.1) is 11.3 Å². The summed E-state index contributed by atoms with van der Waals surface area (Å²) in [7, 11) is 0. The van der Waals surface area contributed by atoms with Gasteiger partial charge in [0.2, 0.25) is 0 Å².